The van der Waals surface area contributed by atoms with Gasteiger partial charge in [-0.05, 0) is 62.2 Å². The van der Waals surface area contributed by atoms with Crippen LogP contribution >= 0.6 is 23.2 Å². The third-order valence-electron chi connectivity index (χ3n) is 4.60. The third-order valence-corrected chi connectivity index (χ3v) is 5.34. The van der Waals surface area contributed by atoms with Crippen LogP contribution in [0.2, 0.25) is 10.0 Å². The van der Waals surface area contributed by atoms with Crippen LogP contribution in [0.4, 0.5) is 5.69 Å². The summed E-state index contributed by atoms with van der Waals surface area (Å²) >= 11 is 11.9. The Morgan fingerprint density at radius 2 is 1.65 bits per heavy atom. The van der Waals surface area contributed by atoms with Gasteiger partial charge in [0.1, 0.15) is 6.04 Å². The van der Waals surface area contributed by atoms with Gasteiger partial charge in [0, 0.05) is 24.3 Å². The number of aryl methyl sites for hydroxylation is 2. The van der Waals surface area contributed by atoms with E-state index in [1.54, 1.807) is 34.9 Å². The summed E-state index contributed by atoms with van der Waals surface area (Å²) < 4.78 is 0. The molecule has 136 valence electrons. The van der Waals surface area contributed by atoms with Gasteiger partial charge in [0.15, 0.2) is 0 Å². The van der Waals surface area contributed by atoms with Crippen molar-refractivity contribution in [1.29, 1.82) is 0 Å². The topological polar surface area (TPSA) is 40.6 Å². The lowest BCUT2D eigenvalue weighted by Crippen LogP contribution is -2.57. The lowest BCUT2D eigenvalue weighted by Gasteiger charge is -2.39. The van der Waals surface area contributed by atoms with Gasteiger partial charge in [0.2, 0.25) is 5.91 Å². The molecular weight excluding hydrogens is 371 g/mol. The zero-order chi connectivity index (χ0) is 19.0. The van der Waals surface area contributed by atoms with Gasteiger partial charge in [-0.25, -0.2) is 0 Å². The van der Waals surface area contributed by atoms with Crippen LogP contribution in [-0.2, 0) is 4.79 Å². The van der Waals surface area contributed by atoms with Crippen molar-refractivity contribution in [3.05, 3.63) is 63.1 Å². The van der Waals surface area contributed by atoms with E-state index in [-0.39, 0.29) is 11.8 Å². The van der Waals surface area contributed by atoms with E-state index < -0.39 is 6.04 Å². The summed E-state index contributed by atoms with van der Waals surface area (Å²) in [6.07, 6.45) is 0. The van der Waals surface area contributed by atoms with Gasteiger partial charge >= 0.3 is 0 Å². The van der Waals surface area contributed by atoms with Gasteiger partial charge < -0.3 is 9.80 Å². The first kappa shape index (κ1) is 18.7. The van der Waals surface area contributed by atoms with E-state index in [2.05, 4.69) is 6.07 Å². The highest BCUT2D eigenvalue weighted by Crippen LogP contribution is 2.26. The van der Waals surface area contributed by atoms with E-state index in [4.69, 9.17) is 23.2 Å². The van der Waals surface area contributed by atoms with Gasteiger partial charge in [0.25, 0.3) is 5.91 Å². The molecule has 0 saturated carbocycles. The maximum Gasteiger partial charge on any atom is 0.254 e. The number of halogens is 2. The Balaban J connectivity index is 1.83. The van der Waals surface area contributed by atoms with Crippen molar-refractivity contribution < 1.29 is 9.59 Å². The molecule has 3 rings (SSSR count). The maximum absolute atomic E-state index is 12.9. The number of nitrogens with zero attached hydrogens (tertiary/aromatic N) is 2. The van der Waals surface area contributed by atoms with Crippen LogP contribution in [0.3, 0.4) is 0 Å². The van der Waals surface area contributed by atoms with Crippen molar-refractivity contribution in [3.63, 3.8) is 0 Å². The first-order valence-corrected chi connectivity index (χ1v) is 9.19. The van der Waals surface area contributed by atoms with Crippen LogP contribution < -0.4 is 4.90 Å². The van der Waals surface area contributed by atoms with Gasteiger partial charge in [0.05, 0.1) is 10.0 Å². The monoisotopic (exact) mass is 390 g/mol. The van der Waals surface area contributed by atoms with Crippen LogP contribution in [0.5, 0.6) is 0 Å². The maximum atomic E-state index is 12.9. The van der Waals surface area contributed by atoms with Crippen LogP contribution in [0, 0.1) is 13.8 Å². The van der Waals surface area contributed by atoms with Gasteiger partial charge in [-0.1, -0.05) is 29.3 Å². The summed E-state index contributed by atoms with van der Waals surface area (Å²) in [5, 5.41) is 0.720. The summed E-state index contributed by atoms with van der Waals surface area (Å²) in [6.45, 7) is 6.69. The summed E-state index contributed by atoms with van der Waals surface area (Å²) in [7, 11) is 0. The Kier molecular flexibility index (Phi) is 5.26. The first-order chi connectivity index (χ1) is 12.3. The Morgan fingerprint density at radius 1 is 1.00 bits per heavy atom. The molecule has 1 fully saturated rings. The zero-order valence-electron chi connectivity index (χ0n) is 14.9. The molecule has 1 aliphatic rings. The predicted molar refractivity (Wildman–Crippen MR) is 105 cm³/mol. The van der Waals surface area contributed by atoms with E-state index in [0.717, 1.165) is 16.8 Å². The molecule has 0 aliphatic carbocycles. The Morgan fingerprint density at radius 3 is 2.27 bits per heavy atom. The fourth-order valence-corrected chi connectivity index (χ4v) is 3.60. The molecule has 1 saturated heterocycles. The SMILES string of the molecule is Cc1cc(C)cc(N2CCN(C(=O)c3ccc(Cl)c(Cl)c3)C(C)C2=O)c1. The standard InChI is InChI=1S/C20H20Cl2N2O2/c1-12-8-13(2)10-16(9-12)24-7-6-23(14(3)19(24)25)20(26)15-4-5-17(21)18(22)11-15/h4-5,8-11,14H,6-7H2,1-3H3. The number of benzene rings is 2. The summed E-state index contributed by atoms with van der Waals surface area (Å²) in [6, 6.07) is 10.3. The number of hydrogen-bond acceptors (Lipinski definition) is 2. The highest BCUT2D eigenvalue weighted by atomic mass is 35.5. The van der Waals surface area contributed by atoms with E-state index in [9.17, 15) is 9.59 Å². The normalized spacial score (nSPS) is 17.6. The fourth-order valence-electron chi connectivity index (χ4n) is 3.31. The lowest BCUT2D eigenvalue weighted by molar-refractivity contribution is -0.124. The molecule has 2 aromatic carbocycles. The minimum absolute atomic E-state index is 0.0883. The molecule has 2 amide bonds. The molecule has 0 bridgehead atoms. The first-order valence-electron chi connectivity index (χ1n) is 8.43. The van der Waals surface area contributed by atoms with Crippen molar-refractivity contribution in [1.82, 2.24) is 4.90 Å². The molecule has 6 heteroatoms. The molecule has 1 atom stereocenters. The average Bonchev–Trinajstić information content (AvgIpc) is 2.58. The third kappa shape index (κ3) is 3.57. The molecular formula is C20H20Cl2N2O2. The van der Waals surface area contributed by atoms with Crippen molar-refractivity contribution in [2.45, 2.75) is 26.8 Å². The van der Waals surface area contributed by atoms with Crippen LogP contribution in [-0.4, -0.2) is 35.8 Å². The Hall–Kier alpha value is -2.04. The number of anilines is 1. The smallest absolute Gasteiger partial charge is 0.254 e. The van der Waals surface area contributed by atoms with Crippen molar-refractivity contribution in [2.75, 3.05) is 18.0 Å². The summed E-state index contributed by atoms with van der Waals surface area (Å²) in [5.41, 5.74) is 3.52. The molecule has 2 aromatic rings. The number of carbonyl (C=O) groups excluding carboxylic acids is 2. The molecule has 0 spiro atoms. The van der Waals surface area contributed by atoms with E-state index in [1.165, 1.54) is 0 Å². The molecule has 0 aromatic heterocycles. The van der Waals surface area contributed by atoms with Gasteiger partial charge in [-0.2, -0.15) is 0 Å². The number of hydrogen-bond donors (Lipinski definition) is 0. The summed E-state index contributed by atoms with van der Waals surface area (Å²) in [5.74, 6) is -0.306. The largest absolute Gasteiger partial charge is 0.325 e. The van der Waals surface area contributed by atoms with E-state index >= 15 is 0 Å². The molecule has 1 unspecified atom stereocenters. The molecule has 4 nitrogen and oxygen atoms in total. The Labute approximate surface area is 163 Å². The second-order valence-electron chi connectivity index (χ2n) is 6.64. The van der Waals surface area contributed by atoms with Crippen molar-refractivity contribution in [3.8, 4) is 0 Å². The van der Waals surface area contributed by atoms with Crippen LogP contribution in [0.15, 0.2) is 36.4 Å². The predicted octanol–water partition coefficient (Wildman–Crippen LogP) is 4.49. The van der Waals surface area contributed by atoms with Crippen molar-refractivity contribution in [2.24, 2.45) is 0 Å². The minimum atomic E-state index is -0.550. The molecule has 0 radical (unpaired) electrons. The second-order valence-corrected chi connectivity index (χ2v) is 7.45. The lowest BCUT2D eigenvalue weighted by atomic mass is 10.1. The highest BCUT2D eigenvalue weighted by molar-refractivity contribution is 6.42. The molecule has 1 heterocycles. The second kappa shape index (κ2) is 7.29. The fraction of sp³-hybridized carbons (Fsp3) is 0.300. The summed E-state index contributed by atoms with van der Waals surface area (Å²) in [4.78, 5) is 29.1. The number of piperazine rings is 1. The highest BCUT2D eigenvalue weighted by Gasteiger charge is 2.35. The number of carbonyl (C=O) groups is 2. The van der Waals surface area contributed by atoms with Crippen LogP contribution in [0.25, 0.3) is 0 Å². The molecule has 0 N–H and O–H groups in total. The minimum Gasteiger partial charge on any atom is -0.325 e. The quantitative estimate of drug-likeness (QED) is 0.757. The molecule has 1 aliphatic heterocycles. The molecule has 26 heavy (non-hydrogen) atoms. The van der Waals surface area contributed by atoms with Gasteiger partial charge in [-0.15, -0.1) is 0 Å². The Bertz CT molecular complexity index is 862. The number of rotatable bonds is 2. The van der Waals surface area contributed by atoms with E-state index in [1.807, 2.05) is 26.0 Å². The zero-order valence-corrected chi connectivity index (χ0v) is 16.4. The van der Waals surface area contributed by atoms with Crippen LogP contribution in [0.1, 0.15) is 28.4 Å². The average molecular weight is 391 g/mol. The van der Waals surface area contributed by atoms with E-state index in [0.29, 0.717) is 28.7 Å². The number of amides is 2. The van der Waals surface area contributed by atoms with Gasteiger partial charge in [-0.3, -0.25) is 9.59 Å². The van der Waals surface area contributed by atoms with Crippen molar-refractivity contribution >= 4 is 40.7 Å².